The van der Waals surface area contributed by atoms with Gasteiger partial charge in [0.05, 0.1) is 19.3 Å². The lowest BCUT2D eigenvalue weighted by Crippen LogP contribution is -2.35. The summed E-state index contributed by atoms with van der Waals surface area (Å²) in [4.78, 5) is 7.07. The maximum atomic E-state index is 13.5. The second kappa shape index (κ2) is 9.64. The van der Waals surface area contributed by atoms with Gasteiger partial charge in [-0.3, -0.25) is 9.47 Å². The van der Waals surface area contributed by atoms with Crippen LogP contribution >= 0.6 is 12.2 Å². The molecule has 2 aromatic carbocycles. The molecule has 2 aromatic heterocycles. The van der Waals surface area contributed by atoms with E-state index in [1.54, 1.807) is 12.1 Å². The smallest absolute Gasteiger partial charge is 0.199 e. The number of para-hydroxylation sites is 2. The van der Waals surface area contributed by atoms with Gasteiger partial charge in [0, 0.05) is 31.2 Å². The van der Waals surface area contributed by atoms with E-state index in [2.05, 4.69) is 4.90 Å². The van der Waals surface area contributed by atoms with Crippen LogP contribution in [-0.4, -0.2) is 50.0 Å². The molecule has 0 spiro atoms. The molecule has 0 bridgehead atoms. The van der Waals surface area contributed by atoms with Gasteiger partial charge in [0.15, 0.2) is 22.1 Å². The zero-order valence-electron chi connectivity index (χ0n) is 19.5. The molecule has 9 heteroatoms. The number of aromatic nitrogens is 4. The SMILES string of the molecule is Fc1ccc(-c2nn(CN3CCC(c4nc5ccccc5o4)CC3)c(=S)n2C[C@H]2CCCO2)cc1. The van der Waals surface area contributed by atoms with Crippen LogP contribution in [0.15, 0.2) is 52.9 Å². The normalized spacial score (nSPS) is 19.6. The third-order valence-electron chi connectivity index (χ3n) is 7.02. The number of rotatable bonds is 6. The molecule has 0 radical (unpaired) electrons. The molecule has 2 fully saturated rings. The van der Waals surface area contributed by atoms with Crippen molar-refractivity contribution in [3.8, 4) is 11.4 Å². The van der Waals surface area contributed by atoms with Crippen LogP contribution in [0.3, 0.4) is 0 Å². The highest BCUT2D eigenvalue weighted by atomic mass is 32.1. The summed E-state index contributed by atoms with van der Waals surface area (Å²) in [7, 11) is 0. The molecule has 2 aliphatic rings. The molecule has 7 nitrogen and oxygen atoms in total. The van der Waals surface area contributed by atoms with E-state index in [9.17, 15) is 4.39 Å². The number of likely N-dealkylation sites (tertiary alicyclic amines) is 1. The van der Waals surface area contributed by atoms with Crippen molar-refractivity contribution >= 4 is 23.3 Å². The van der Waals surface area contributed by atoms with Crippen molar-refractivity contribution in [2.45, 2.75) is 50.9 Å². The predicted molar refractivity (Wildman–Crippen MR) is 133 cm³/mol. The van der Waals surface area contributed by atoms with Crippen LogP contribution in [-0.2, 0) is 18.0 Å². The van der Waals surface area contributed by atoms with Gasteiger partial charge in [-0.1, -0.05) is 12.1 Å². The van der Waals surface area contributed by atoms with E-state index in [4.69, 9.17) is 31.5 Å². The number of halogens is 1. The summed E-state index contributed by atoms with van der Waals surface area (Å²) in [5, 5.41) is 4.88. The summed E-state index contributed by atoms with van der Waals surface area (Å²) in [6, 6.07) is 14.4. The fraction of sp³-hybridized carbons (Fsp3) is 0.423. The number of benzene rings is 2. The minimum absolute atomic E-state index is 0.130. The Kier molecular flexibility index (Phi) is 6.22. The van der Waals surface area contributed by atoms with Crippen molar-refractivity contribution in [1.82, 2.24) is 24.2 Å². The van der Waals surface area contributed by atoms with Crippen molar-refractivity contribution in [1.29, 1.82) is 0 Å². The van der Waals surface area contributed by atoms with E-state index in [-0.39, 0.29) is 11.9 Å². The van der Waals surface area contributed by atoms with Crippen LogP contribution in [0, 0.1) is 10.6 Å². The van der Waals surface area contributed by atoms with Gasteiger partial charge < -0.3 is 9.15 Å². The fourth-order valence-corrected chi connectivity index (χ4v) is 5.34. The van der Waals surface area contributed by atoms with E-state index in [0.717, 1.165) is 73.8 Å². The second-order valence-electron chi connectivity index (χ2n) is 9.41. The van der Waals surface area contributed by atoms with E-state index >= 15 is 0 Å². The molecule has 2 saturated heterocycles. The minimum atomic E-state index is -0.265. The number of fused-ring (bicyclic) bond motifs is 1. The molecule has 0 amide bonds. The van der Waals surface area contributed by atoms with E-state index in [0.29, 0.717) is 23.9 Å². The molecule has 0 saturated carbocycles. The maximum Gasteiger partial charge on any atom is 0.199 e. The van der Waals surface area contributed by atoms with Gasteiger partial charge in [0.2, 0.25) is 0 Å². The molecule has 4 aromatic rings. The third kappa shape index (κ3) is 4.68. The van der Waals surface area contributed by atoms with Crippen LogP contribution in [0.4, 0.5) is 4.39 Å². The Balaban J connectivity index is 1.19. The van der Waals surface area contributed by atoms with Crippen molar-refractivity contribution in [2.24, 2.45) is 0 Å². The first-order valence-corrected chi connectivity index (χ1v) is 12.7. The lowest BCUT2D eigenvalue weighted by atomic mass is 9.97. The van der Waals surface area contributed by atoms with Gasteiger partial charge in [0.1, 0.15) is 11.3 Å². The molecular formula is C26H28FN5O2S. The van der Waals surface area contributed by atoms with Crippen molar-refractivity contribution in [3.63, 3.8) is 0 Å². The average Bonchev–Trinajstić information content (AvgIpc) is 3.61. The largest absolute Gasteiger partial charge is 0.440 e. The lowest BCUT2D eigenvalue weighted by Gasteiger charge is -2.30. The highest BCUT2D eigenvalue weighted by Crippen LogP contribution is 2.30. The summed E-state index contributed by atoms with van der Waals surface area (Å²) in [5.41, 5.74) is 2.62. The van der Waals surface area contributed by atoms with Crippen LogP contribution in [0.2, 0.25) is 0 Å². The van der Waals surface area contributed by atoms with Crippen LogP contribution in [0.1, 0.15) is 37.5 Å². The van der Waals surface area contributed by atoms with Gasteiger partial charge in [-0.25, -0.2) is 14.1 Å². The Morgan fingerprint density at radius 3 is 2.57 bits per heavy atom. The van der Waals surface area contributed by atoms with Gasteiger partial charge in [-0.15, -0.1) is 0 Å². The average molecular weight is 494 g/mol. The molecule has 182 valence electrons. The third-order valence-corrected chi connectivity index (χ3v) is 7.45. The Labute approximate surface area is 208 Å². The summed E-state index contributed by atoms with van der Waals surface area (Å²) >= 11 is 5.86. The Morgan fingerprint density at radius 1 is 1.03 bits per heavy atom. The highest BCUT2D eigenvalue weighted by molar-refractivity contribution is 7.71. The minimum Gasteiger partial charge on any atom is -0.440 e. The van der Waals surface area contributed by atoms with E-state index < -0.39 is 0 Å². The van der Waals surface area contributed by atoms with E-state index in [1.807, 2.05) is 33.5 Å². The zero-order valence-corrected chi connectivity index (χ0v) is 20.3. The molecule has 2 aliphatic heterocycles. The van der Waals surface area contributed by atoms with Gasteiger partial charge in [-0.05, 0) is 74.3 Å². The number of piperidine rings is 1. The maximum absolute atomic E-state index is 13.5. The zero-order chi connectivity index (χ0) is 23.8. The summed E-state index contributed by atoms with van der Waals surface area (Å²) in [5.74, 6) is 1.64. The summed E-state index contributed by atoms with van der Waals surface area (Å²) in [6.45, 7) is 3.88. The van der Waals surface area contributed by atoms with Crippen molar-refractivity contribution in [3.05, 3.63) is 65.0 Å². The second-order valence-corrected chi connectivity index (χ2v) is 9.78. The van der Waals surface area contributed by atoms with Gasteiger partial charge >= 0.3 is 0 Å². The van der Waals surface area contributed by atoms with Gasteiger partial charge in [-0.2, -0.15) is 5.10 Å². The summed E-state index contributed by atoms with van der Waals surface area (Å²) < 4.78 is 30.0. The first-order valence-electron chi connectivity index (χ1n) is 12.3. The van der Waals surface area contributed by atoms with Gasteiger partial charge in [0.25, 0.3) is 0 Å². The lowest BCUT2D eigenvalue weighted by molar-refractivity contribution is 0.0965. The topological polar surface area (TPSA) is 61.2 Å². The Morgan fingerprint density at radius 2 is 1.83 bits per heavy atom. The molecule has 35 heavy (non-hydrogen) atoms. The van der Waals surface area contributed by atoms with Crippen LogP contribution in [0.25, 0.3) is 22.5 Å². The predicted octanol–water partition coefficient (Wildman–Crippen LogP) is 5.38. The standard InChI is InChI=1S/C26H28FN5O2S/c27-20-9-7-18(8-10-20)24-29-32(26(35)31(24)16-21-4-3-15-33-21)17-30-13-11-19(12-14-30)25-28-22-5-1-2-6-23(22)34-25/h1-2,5-10,19,21H,3-4,11-17H2/t21-/m1/s1. The highest BCUT2D eigenvalue weighted by Gasteiger charge is 2.26. The molecule has 6 rings (SSSR count). The molecule has 4 heterocycles. The molecule has 0 unspecified atom stereocenters. The number of hydrogen-bond donors (Lipinski definition) is 0. The van der Waals surface area contributed by atoms with E-state index in [1.165, 1.54) is 12.1 Å². The first-order chi connectivity index (χ1) is 17.1. The monoisotopic (exact) mass is 493 g/mol. The quantitative estimate of drug-likeness (QED) is 0.336. The van der Waals surface area contributed by atoms with Crippen LogP contribution < -0.4 is 0 Å². The van der Waals surface area contributed by atoms with Crippen molar-refractivity contribution < 1.29 is 13.5 Å². The van der Waals surface area contributed by atoms with Crippen LogP contribution in [0.5, 0.6) is 0 Å². The number of nitrogens with zero attached hydrogens (tertiary/aromatic N) is 5. The molecule has 1 atom stereocenters. The molecule has 0 N–H and O–H groups in total. The summed E-state index contributed by atoms with van der Waals surface area (Å²) in [6.07, 6.45) is 4.15. The Bertz CT molecular complexity index is 1330. The van der Waals surface area contributed by atoms with Crippen molar-refractivity contribution in [2.75, 3.05) is 19.7 Å². The molecule has 0 aliphatic carbocycles. The number of ether oxygens (including phenoxy) is 1. The molecular weight excluding hydrogens is 465 g/mol. The number of hydrogen-bond acceptors (Lipinski definition) is 6. The Hall–Kier alpha value is -2.88. The fourth-order valence-electron chi connectivity index (χ4n) is 5.08. The number of oxazole rings is 1. The first kappa shape index (κ1) is 22.6.